The van der Waals surface area contributed by atoms with Gasteiger partial charge < -0.3 is 4.79 Å². The fraction of sp³-hybridized carbons (Fsp3) is 0.364. The number of hydrogen-bond donors (Lipinski definition) is 0. The Kier molecular flexibility index (Phi) is 2.15. The van der Waals surface area contributed by atoms with Gasteiger partial charge in [-0.2, -0.15) is 0 Å². The van der Waals surface area contributed by atoms with Gasteiger partial charge in [-0.25, -0.2) is 0 Å². The summed E-state index contributed by atoms with van der Waals surface area (Å²) < 4.78 is 0. The molecule has 2 rings (SSSR count). The smallest absolute Gasteiger partial charge is 0.138 e. The maximum atomic E-state index is 10.5. The molecule has 2 heteroatoms. The highest BCUT2D eigenvalue weighted by molar-refractivity contribution is 5.62. The van der Waals surface area contributed by atoms with Gasteiger partial charge in [0.1, 0.15) is 6.29 Å². The number of carbonyl (C=O) groups excluding carboxylic acids is 1. The van der Waals surface area contributed by atoms with Crippen LogP contribution in [0.2, 0.25) is 0 Å². The Morgan fingerprint density at radius 1 is 1.46 bits per heavy atom. The molecule has 1 heterocycles. The minimum Gasteiger partial charge on any atom is -0.302 e. The maximum Gasteiger partial charge on any atom is 0.138 e. The van der Waals surface area contributed by atoms with Crippen molar-refractivity contribution in [3.63, 3.8) is 0 Å². The molecule has 0 aliphatic carbocycles. The molecule has 0 amide bonds. The molecule has 0 bridgehead atoms. The van der Waals surface area contributed by atoms with E-state index in [2.05, 4.69) is 24.0 Å². The van der Waals surface area contributed by atoms with E-state index in [1.54, 1.807) is 0 Å². The Labute approximate surface area is 78.2 Å². The third-order valence-corrected chi connectivity index (χ3v) is 2.63. The van der Waals surface area contributed by atoms with Crippen LogP contribution in [0.5, 0.6) is 0 Å². The lowest BCUT2D eigenvalue weighted by Gasteiger charge is -2.12. The summed E-state index contributed by atoms with van der Waals surface area (Å²) in [6.07, 6.45) is 1.03. The maximum absolute atomic E-state index is 10.5. The Bertz CT molecular complexity index is 296. The van der Waals surface area contributed by atoms with Gasteiger partial charge in [0.05, 0.1) is 6.04 Å². The molecule has 13 heavy (non-hydrogen) atoms. The number of rotatable bonds is 3. The van der Waals surface area contributed by atoms with Gasteiger partial charge in [0.2, 0.25) is 0 Å². The van der Waals surface area contributed by atoms with Crippen LogP contribution in [0.15, 0.2) is 30.3 Å². The fourth-order valence-corrected chi connectivity index (χ4v) is 1.66. The number of aldehydes is 1. The SMILES string of the molecule is C[C@H](c1ccccc1)N1C[C@H]1C=O. The highest BCUT2D eigenvalue weighted by Gasteiger charge is 2.37. The zero-order valence-electron chi connectivity index (χ0n) is 7.68. The van der Waals surface area contributed by atoms with Gasteiger partial charge >= 0.3 is 0 Å². The Hall–Kier alpha value is -1.15. The largest absolute Gasteiger partial charge is 0.302 e. The van der Waals surface area contributed by atoms with Crippen LogP contribution >= 0.6 is 0 Å². The highest BCUT2D eigenvalue weighted by Crippen LogP contribution is 2.30. The van der Waals surface area contributed by atoms with E-state index in [4.69, 9.17) is 0 Å². The van der Waals surface area contributed by atoms with Gasteiger partial charge in [0, 0.05) is 12.6 Å². The minimum absolute atomic E-state index is 0.162. The zero-order chi connectivity index (χ0) is 9.26. The highest BCUT2D eigenvalue weighted by atomic mass is 16.1. The summed E-state index contributed by atoms with van der Waals surface area (Å²) in [5.41, 5.74) is 1.28. The monoisotopic (exact) mass is 175 g/mol. The van der Waals surface area contributed by atoms with Gasteiger partial charge in [0.15, 0.2) is 0 Å². The van der Waals surface area contributed by atoms with Crippen molar-refractivity contribution >= 4 is 6.29 Å². The lowest BCUT2D eigenvalue weighted by Crippen LogP contribution is -2.08. The summed E-state index contributed by atoms with van der Waals surface area (Å²) in [5.74, 6) is 0. The molecular weight excluding hydrogens is 162 g/mol. The fourth-order valence-electron chi connectivity index (χ4n) is 1.66. The third-order valence-electron chi connectivity index (χ3n) is 2.63. The molecule has 1 saturated heterocycles. The summed E-state index contributed by atoms with van der Waals surface area (Å²) in [4.78, 5) is 12.7. The molecule has 0 aromatic heterocycles. The summed E-state index contributed by atoms with van der Waals surface area (Å²) >= 11 is 0. The number of nitrogens with zero attached hydrogens (tertiary/aromatic N) is 1. The van der Waals surface area contributed by atoms with E-state index in [0.717, 1.165) is 12.8 Å². The first-order chi connectivity index (χ1) is 6.33. The lowest BCUT2D eigenvalue weighted by atomic mass is 10.1. The average Bonchev–Trinajstić information content (AvgIpc) is 2.97. The summed E-state index contributed by atoms with van der Waals surface area (Å²) in [6, 6.07) is 10.8. The van der Waals surface area contributed by atoms with E-state index in [0.29, 0.717) is 6.04 Å². The van der Waals surface area contributed by atoms with E-state index in [1.165, 1.54) is 5.56 Å². The first-order valence-corrected chi connectivity index (χ1v) is 4.59. The zero-order valence-corrected chi connectivity index (χ0v) is 7.68. The van der Waals surface area contributed by atoms with Gasteiger partial charge in [0.25, 0.3) is 0 Å². The molecule has 1 aromatic carbocycles. The van der Waals surface area contributed by atoms with Crippen LogP contribution in [0.3, 0.4) is 0 Å². The van der Waals surface area contributed by atoms with Crippen LogP contribution in [-0.2, 0) is 4.79 Å². The van der Waals surface area contributed by atoms with Crippen molar-refractivity contribution in [2.24, 2.45) is 0 Å². The predicted octanol–water partition coefficient (Wildman–Crippen LogP) is 1.63. The second kappa shape index (κ2) is 3.30. The predicted molar refractivity (Wildman–Crippen MR) is 51.4 cm³/mol. The van der Waals surface area contributed by atoms with Gasteiger partial charge in [-0.3, -0.25) is 4.90 Å². The van der Waals surface area contributed by atoms with Gasteiger partial charge in [-0.15, -0.1) is 0 Å². The van der Waals surface area contributed by atoms with Crippen LogP contribution < -0.4 is 0 Å². The normalized spacial score (nSPS) is 28.1. The van der Waals surface area contributed by atoms with Crippen molar-refractivity contribution in [3.05, 3.63) is 35.9 Å². The standard InChI is InChI=1S/C11H13NO/c1-9(12-7-11(12)8-13)10-5-3-2-4-6-10/h2-6,8-9,11H,7H2,1H3/t9-,11+,12?/m1/s1. The molecular formula is C11H13NO. The Balaban J connectivity index is 2.07. The van der Waals surface area contributed by atoms with Crippen LogP contribution in [0.25, 0.3) is 0 Å². The summed E-state index contributed by atoms with van der Waals surface area (Å²) in [5, 5.41) is 0. The first kappa shape index (κ1) is 8.45. The quantitative estimate of drug-likeness (QED) is 0.514. The summed E-state index contributed by atoms with van der Waals surface area (Å²) in [7, 11) is 0. The first-order valence-electron chi connectivity index (χ1n) is 4.59. The van der Waals surface area contributed by atoms with Gasteiger partial charge in [-0.05, 0) is 12.5 Å². The van der Waals surface area contributed by atoms with Crippen molar-refractivity contribution in [3.8, 4) is 0 Å². The van der Waals surface area contributed by atoms with E-state index in [1.807, 2.05) is 18.2 Å². The number of benzene rings is 1. The van der Waals surface area contributed by atoms with Crippen molar-refractivity contribution < 1.29 is 4.79 Å². The molecule has 0 N–H and O–H groups in total. The van der Waals surface area contributed by atoms with Crippen molar-refractivity contribution in [2.45, 2.75) is 19.0 Å². The molecule has 1 aromatic rings. The molecule has 1 fully saturated rings. The molecule has 0 spiro atoms. The second-order valence-corrected chi connectivity index (χ2v) is 3.49. The molecule has 1 aliphatic rings. The average molecular weight is 175 g/mol. The van der Waals surface area contributed by atoms with E-state index >= 15 is 0 Å². The van der Waals surface area contributed by atoms with E-state index in [-0.39, 0.29) is 6.04 Å². The topological polar surface area (TPSA) is 20.1 Å². The number of carbonyl (C=O) groups is 1. The molecule has 0 saturated carbocycles. The van der Waals surface area contributed by atoms with Crippen molar-refractivity contribution in [1.29, 1.82) is 0 Å². The van der Waals surface area contributed by atoms with E-state index < -0.39 is 0 Å². The van der Waals surface area contributed by atoms with Crippen LogP contribution in [0.4, 0.5) is 0 Å². The van der Waals surface area contributed by atoms with E-state index in [9.17, 15) is 4.79 Å². The molecule has 0 radical (unpaired) electrons. The number of hydrogen-bond acceptors (Lipinski definition) is 2. The van der Waals surface area contributed by atoms with Crippen LogP contribution in [-0.4, -0.2) is 23.8 Å². The van der Waals surface area contributed by atoms with Crippen LogP contribution in [0.1, 0.15) is 18.5 Å². The molecule has 3 atom stereocenters. The Morgan fingerprint density at radius 3 is 2.69 bits per heavy atom. The van der Waals surface area contributed by atoms with Crippen molar-refractivity contribution in [2.75, 3.05) is 6.54 Å². The van der Waals surface area contributed by atoms with Crippen LogP contribution in [0, 0.1) is 0 Å². The third kappa shape index (κ3) is 1.63. The molecule has 1 unspecified atom stereocenters. The molecule has 68 valence electrons. The summed E-state index contributed by atoms with van der Waals surface area (Å²) in [6.45, 7) is 3.05. The minimum atomic E-state index is 0.162. The second-order valence-electron chi connectivity index (χ2n) is 3.49. The Morgan fingerprint density at radius 2 is 2.15 bits per heavy atom. The van der Waals surface area contributed by atoms with Crippen molar-refractivity contribution in [1.82, 2.24) is 4.90 Å². The molecule has 2 nitrogen and oxygen atoms in total. The van der Waals surface area contributed by atoms with Gasteiger partial charge in [-0.1, -0.05) is 30.3 Å². The lowest BCUT2D eigenvalue weighted by molar-refractivity contribution is -0.108. The molecule has 1 aliphatic heterocycles.